The lowest BCUT2D eigenvalue weighted by Gasteiger charge is -2.34. The van der Waals surface area contributed by atoms with E-state index in [2.05, 4.69) is 24.1 Å². The number of nitrogens with one attached hydrogen (secondary N) is 1. The van der Waals surface area contributed by atoms with Gasteiger partial charge in [-0.05, 0) is 30.4 Å². The Bertz CT molecular complexity index is 682. The predicted molar refractivity (Wildman–Crippen MR) is 82.0 cm³/mol. The van der Waals surface area contributed by atoms with Crippen molar-refractivity contribution in [3.05, 3.63) is 36.1 Å². The first-order valence-corrected chi connectivity index (χ1v) is 7.62. The van der Waals surface area contributed by atoms with Gasteiger partial charge < -0.3 is 13.7 Å². The van der Waals surface area contributed by atoms with E-state index in [9.17, 15) is 9.59 Å². The van der Waals surface area contributed by atoms with E-state index in [4.69, 9.17) is 8.83 Å². The summed E-state index contributed by atoms with van der Waals surface area (Å²) in [5.41, 5.74) is 0.195. The van der Waals surface area contributed by atoms with Gasteiger partial charge in [-0.1, -0.05) is 13.8 Å². The third-order valence-electron chi connectivity index (χ3n) is 3.84. The molecule has 3 heterocycles. The van der Waals surface area contributed by atoms with Gasteiger partial charge in [0, 0.05) is 13.1 Å². The molecule has 0 radical (unpaired) electrons. The molecule has 1 fully saturated rings. The van der Waals surface area contributed by atoms with Crippen molar-refractivity contribution >= 4 is 17.8 Å². The van der Waals surface area contributed by atoms with Crippen molar-refractivity contribution in [2.45, 2.75) is 20.3 Å². The van der Waals surface area contributed by atoms with E-state index < -0.39 is 5.91 Å². The fourth-order valence-electron chi connectivity index (χ4n) is 2.99. The van der Waals surface area contributed by atoms with Crippen LogP contribution in [0.1, 0.15) is 41.3 Å². The molecule has 1 saturated heterocycles. The Morgan fingerprint density at radius 1 is 1.26 bits per heavy atom. The van der Waals surface area contributed by atoms with Crippen molar-refractivity contribution in [3.8, 4) is 0 Å². The van der Waals surface area contributed by atoms with Crippen LogP contribution in [0.2, 0.25) is 0 Å². The minimum atomic E-state index is -0.476. The van der Waals surface area contributed by atoms with Gasteiger partial charge in [-0.25, -0.2) is 0 Å². The number of hydrogen-bond donors (Lipinski definition) is 1. The maximum atomic E-state index is 12.5. The number of nitrogens with zero attached hydrogens (tertiary/aromatic N) is 2. The summed E-state index contributed by atoms with van der Waals surface area (Å²) in [6, 6.07) is 3.12. The molecule has 1 aliphatic rings. The second kappa shape index (κ2) is 6.28. The van der Waals surface area contributed by atoms with Crippen LogP contribution in [-0.4, -0.2) is 34.8 Å². The average molecular weight is 317 g/mol. The maximum absolute atomic E-state index is 12.5. The molecule has 3 rings (SSSR count). The average Bonchev–Trinajstić information content (AvgIpc) is 3.16. The Hall–Kier alpha value is -2.57. The fraction of sp³-hybridized carbons (Fsp3) is 0.438. The molecule has 23 heavy (non-hydrogen) atoms. The van der Waals surface area contributed by atoms with E-state index in [0.29, 0.717) is 24.9 Å². The number of piperidine rings is 1. The number of aromatic nitrogens is 1. The summed E-state index contributed by atoms with van der Waals surface area (Å²) in [6.45, 7) is 5.69. The number of amides is 2. The van der Waals surface area contributed by atoms with Gasteiger partial charge in [0.1, 0.15) is 6.26 Å². The van der Waals surface area contributed by atoms with Gasteiger partial charge in [0.25, 0.3) is 11.8 Å². The molecule has 2 aromatic heterocycles. The summed E-state index contributed by atoms with van der Waals surface area (Å²) in [4.78, 5) is 30.2. The van der Waals surface area contributed by atoms with Crippen LogP contribution < -0.4 is 5.32 Å². The molecular weight excluding hydrogens is 298 g/mol. The lowest BCUT2D eigenvalue weighted by Crippen LogP contribution is -2.42. The third kappa shape index (κ3) is 3.44. The van der Waals surface area contributed by atoms with Crippen LogP contribution in [0.15, 0.2) is 33.5 Å². The summed E-state index contributed by atoms with van der Waals surface area (Å²) < 4.78 is 10.2. The first-order valence-electron chi connectivity index (χ1n) is 7.62. The zero-order valence-electron chi connectivity index (χ0n) is 13.1. The van der Waals surface area contributed by atoms with Gasteiger partial charge in [-0.2, -0.15) is 4.98 Å². The zero-order chi connectivity index (χ0) is 16.4. The predicted octanol–water partition coefficient (Wildman–Crippen LogP) is 2.64. The molecule has 0 bridgehead atoms. The van der Waals surface area contributed by atoms with Crippen LogP contribution >= 0.6 is 0 Å². The summed E-state index contributed by atoms with van der Waals surface area (Å²) in [7, 11) is 0. The number of anilines is 1. The molecule has 2 atom stereocenters. The van der Waals surface area contributed by atoms with Gasteiger partial charge >= 0.3 is 6.01 Å². The summed E-state index contributed by atoms with van der Waals surface area (Å²) >= 11 is 0. The van der Waals surface area contributed by atoms with E-state index >= 15 is 0 Å². The minimum absolute atomic E-state index is 0.0205. The van der Waals surface area contributed by atoms with E-state index in [1.807, 2.05) is 0 Å². The van der Waals surface area contributed by atoms with Crippen LogP contribution in [0.5, 0.6) is 0 Å². The molecule has 1 N–H and O–H groups in total. The van der Waals surface area contributed by atoms with Crippen molar-refractivity contribution in [2.75, 3.05) is 18.4 Å². The molecule has 0 aliphatic carbocycles. The molecule has 2 aromatic rings. The topological polar surface area (TPSA) is 88.6 Å². The summed E-state index contributed by atoms with van der Waals surface area (Å²) in [5, 5.41) is 2.46. The van der Waals surface area contributed by atoms with Crippen LogP contribution in [0.4, 0.5) is 6.01 Å². The van der Waals surface area contributed by atoms with Gasteiger partial charge in [-0.15, -0.1) is 0 Å². The van der Waals surface area contributed by atoms with Crippen molar-refractivity contribution in [1.82, 2.24) is 9.88 Å². The Morgan fingerprint density at radius 2 is 2.00 bits per heavy atom. The highest BCUT2D eigenvalue weighted by Crippen LogP contribution is 2.22. The number of rotatable bonds is 3. The zero-order valence-corrected chi connectivity index (χ0v) is 13.1. The molecule has 2 unspecified atom stereocenters. The number of oxazole rings is 1. The number of furan rings is 1. The SMILES string of the molecule is CC1CC(C)CN(C(=O)c2coc(NC(=O)c3ccco3)n2)C1. The maximum Gasteiger partial charge on any atom is 0.302 e. The Kier molecular flexibility index (Phi) is 4.18. The molecular formula is C16H19N3O4. The van der Waals surface area contributed by atoms with Gasteiger partial charge in [0.05, 0.1) is 6.26 Å². The number of carbonyl (C=O) groups is 2. The largest absolute Gasteiger partial charge is 0.459 e. The second-order valence-electron chi connectivity index (χ2n) is 6.13. The van der Waals surface area contributed by atoms with Crippen LogP contribution in [0.25, 0.3) is 0 Å². The van der Waals surface area contributed by atoms with Crippen LogP contribution in [-0.2, 0) is 0 Å². The number of hydrogen-bond acceptors (Lipinski definition) is 5. The van der Waals surface area contributed by atoms with Crippen molar-refractivity contribution in [1.29, 1.82) is 0 Å². The molecule has 0 saturated carbocycles. The first kappa shape index (κ1) is 15.3. The van der Waals surface area contributed by atoms with Crippen molar-refractivity contribution in [3.63, 3.8) is 0 Å². The van der Waals surface area contributed by atoms with Crippen LogP contribution in [0.3, 0.4) is 0 Å². The standard InChI is InChI=1S/C16H19N3O4/c1-10-6-11(2)8-19(7-10)15(21)12-9-23-16(17-12)18-14(20)13-4-3-5-22-13/h3-5,9-11H,6-8H2,1-2H3,(H,17,18,20). The van der Waals surface area contributed by atoms with Gasteiger partial charge in [-0.3, -0.25) is 14.9 Å². The highest BCUT2D eigenvalue weighted by atomic mass is 16.4. The first-order chi connectivity index (χ1) is 11.0. The minimum Gasteiger partial charge on any atom is -0.459 e. The van der Waals surface area contributed by atoms with Crippen molar-refractivity contribution in [2.24, 2.45) is 11.8 Å². The Morgan fingerprint density at radius 3 is 2.65 bits per heavy atom. The lowest BCUT2D eigenvalue weighted by molar-refractivity contribution is 0.0617. The fourth-order valence-corrected chi connectivity index (χ4v) is 2.99. The van der Waals surface area contributed by atoms with Gasteiger partial charge in [0.15, 0.2) is 11.5 Å². The third-order valence-corrected chi connectivity index (χ3v) is 3.84. The molecule has 0 spiro atoms. The highest BCUT2D eigenvalue weighted by Gasteiger charge is 2.28. The summed E-state index contributed by atoms with van der Waals surface area (Å²) in [6.07, 6.45) is 3.79. The lowest BCUT2D eigenvalue weighted by atomic mass is 9.92. The molecule has 7 heteroatoms. The quantitative estimate of drug-likeness (QED) is 0.940. The molecule has 7 nitrogen and oxygen atoms in total. The normalized spacial score (nSPS) is 21.2. The van der Waals surface area contributed by atoms with E-state index in [1.165, 1.54) is 18.6 Å². The van der Waals surface area contributed by atoms with E-state index in [1.54, 1.807) is 11.0 Å². The van der Waals surface area contributed by atoms with E-state index in [0.717, 1.165) is 6.42 Å². The smallest absolute Gasteiger partial charge is 0.302 e. The van der Waals surface area contributed by atoms with Crippen molar-refractivity contribution < 1.29 is 18.4 Å². The molecule has 122 valence electrons. The molecule has 0 aromatic carbocycles. The van der Waals surface area contributed by atoms with E-state index in [-0.39, 0.29) is 23.4 Å². The summed E-state index contributed by atoms with van der Waals surface area (Å²) in [5.74, 6) is 0.428. The monoisotopic (exact) mass is 317 g/mol. The number of carbonyl (C=O) groups excluding carboxylic acids is 2. The number of likely N-dealkylation sites (tertiary alicyclic amines) is 1. The van der Waals surface area contributed by atoms with Gasteiger partial charge in [0.2, 0.25) is 0 Å². The highest BCUT2D eigenvalue weighted by molar-refractivity contribution is 6.01. The van der Waals surface area contributed by atoms with Crippen LogP contribution in [0, 0.1) is 11.8 Å². The second-order valence-corrected chi connectivity index (χ2v) is 6.13. The Labute approximate surface area is 133 Å². The molecule has 2 amide bonds. The molecule has 1 aliphatic heterocycles. The Balaban J connectivity index is 1.66.